The summed E-state index contributed by atoms with van der Waals surface area (Å²) in [5.74, 6) is -0.432. The van der Waals surface area contributed by atoms with Gasteiger partial charge >= 0.3 is 0 Å². The molecule has 0 saturated carbocycles. The Balaban J connectivity index is 1.54. The van der Waals surface area contributed by atoms with Crippen LogP contribution in [0.2, 0.25) is 5.02 Å². The summed E-state index contributed by atoms with van der Waals surface area (Å²) in [6.07, 6.45) is 5.25. The average molecular weight is 509 g/mol. The zero-order chi connectivity index (χ0) is 25.0. The maximum Gasteiger partial charge on any atom is 0.264 e. The van der Waals surface area contributed by atoms with Crippen molar-refractivity contribution in [3.05, 3.63) is 107 Å². The molecule has 1 amide bonds. The van der Waals surface area contributed by atoms with E-state index in [9.17, 15) is 13.2 Å². The number of aryl methyl sites for hydroxylation is 1. The Labute approximate surface area is 210 Å². The zero-order valence-corrected chi connectivity index (χ0v) is 20.9. The number of amides is 1. The molecule has 9 heteroatoms. The first-order valence-corrected chi connectivity index (χ1v) is 12.8. The van der Waals surface area contributed by atoms with E-state index in [2.05, 4.69) is 10.3 Å². The van der Waals surface area contributed by atoms with Crippen LogP contribution in [-0.4, -0.2) is 30.4 Å². The van der Waals surface area contributed by atoms with Gasteiger partial charge in [0.1, 0.15) is 6.54 Å². The molecule has 3 aromatic carbocycles. The predicted molar refractivity (Wildman–Crippen MR) is 137 cm³/mol. The summed E-state index contributed by atoms with van der Waals surface area (Å²) in [6.45, 7) is 3.49. The number of rotatable bonds is 8. The lowest BCUT2D eigenvalue weighted by Crippen LogP contribution is -2.41. The number of anilines is 1. The van der Waals surface area contributed by atoms with E-state index >= 15 is 0 Å². The number of aromatic nitrogens is 2. The second-order valence-electron chi connectivity index (χ2n) is 8.12. The van der Waals surface area contributed by atoms with E-state index in [4.69, 9.17) is 11.6 Å². The van der Waals surface area contributed by atoms with Crippen LogP contribution in [0.1, 0.15) is 16.7 Å². The maximum atomic E-state index is 13.6. The molecule has 1 aromatic heterocycles. The van der Waals surface area contributed by atoms with E-state index in [0.717, 1.165) is 21.1 Å². The fraction of sp³-hybridized carbons (Fsp3) is 0.154. The van der Waals surface area contributed by atoms with Crippen molar-refractivity contribution in [1.29, 1.82) is 0 Å². The fourth-order valence-corrected chi connectivity index (χ4v) is 5.24. The second kappa shape index (κ2) is 10.3. The Bertz CT molecular complexity index is 1420. The lowest BCUT2D eigenvalue weighted by atomic mass is 10.2. The standard InChI is InChI=1S/C26H25ClN4O3S/c1-19-6-12-23(13-7-19)35(33,34)31(25-5-3-4-24(27)20(25)2)17-26(32)29-16-21-8-10-22(11-9-21)30-15-14-28-18-30/h3-15,18H,16-17H2,1-2H3,(H,29,32). The molecule has 0 unspecified atom stereocenters. The third kappa shape index (κ3) is 5.55. The van der Waals surface area contributed by atoms with Crippen LogP contribution in [0.25, 0.3) is 5.69 Å². The topological polar surface area (TPSA) is 84.3 Å². The number of halogens is 1. The lowest BCUT2D eigenvalue weighted by molar-refractivity contribution is -0.119. The van der Waals surface area contributed by atoms with Gasteiger partial charge in [-0.2, -0.15) is 0 Å². The molecule has 1 heterocycles. The highest BCUT2D eigenvalue weighted by molar-refractivity contribution is 7.92. The van der Waals surface area contributed by atoms with Gasteiger partial charge in [-0.05, 0) is 61.4 Å². The number of imidazole rings is 1. The lowest BCUT2D eigenvalue weighted by Gasteiger charge is -2.26. The van der Waals surface area contributed by atoms with Crippen molar-refractivity contribution in [3.8, 4) is 5.69 Å². The average Bonchev–Trinajstić information content (AvgIpc) is 3.39. The number of nitrogens with zero attached hydrogens (tertiary/aromatic N) is 3. The number of sulfonamides is 1. The van der Waals surface area contributed by atoms with Gasteiger partial charge in [-0.3, -0.25) is 9.10 Å². The van der Waals surface area contributed by atoms with Crippen molar-refractivity contribution in [2.24, 2.45) is 0 Å². The fourth-order valence-electron chi connectivity index (χ4n) is 3.59. The molecule has 7 nitrogen and oxygen atoms in total. The van der Waals surface area contributed by atoms with E-state index in [1.165, 1.54) is 12.1 Å². The summed E-state index contributed by atoms with van der Waals surface area (Å²) in [7, 11) is -4.01. The summed E-state index contributed by atoms with van der Waals surface area (Å²) >= 11 is 6.27. The van der Waals surface area contributed by atoms with E-state index in [-0.39, 0.29) is 18.0 Å². The van der Waals surface area contributed by atoms with E-state index in [0.29, 0.717) is 16.3 Å². The van der Waals surface area contributed by atoms with Gasteiger partial charge in [-0.25, -0.2) is 13.4 Å². The van der Waals surface area contributed by atoms with Gasteiger partial charge in [0, 0.05) is 29.6 Å². The molecule has 1 N–H and O–H groups in total. The van der Waals surface area contributed by atoms with Crippen LogP contribution >= 0.6 is 11.6 Å². The molecule has 0 fully saturated rings. The Kier molecular flexibility index (Phi) is 7.23. The van der Waals surface area contributed by atoms with Gasteiger partial charge in [0.25, 0.3) is 10.0 Å². The highest BCUT2D eigenvalue weighted by Gasteiger charge is 2.28. The monoisotopic (exact) mass is 508 g/mol. The van der Waals surface area contributed by atoms with Gasteiger partial charge in [0.2, 0.25) is 5.91 Å². The zero-order valence-electron chi connectivity index (χ0n) is 19.3. The molecule has 0 atom stereocenters. The van der Waals surface area contributed by atoms with Crippen molar-refractivity contribution in [2.75, 3.05) is 10.8 Å². The minimum atomic E-state index is -4.01. The van der Waals surface area contributed by atoms with Crippen molar-refractivity contribution in [3.63, 3.8) is 0 Å². The molecule has 0 saturated heterocycles. The summed E-state index contributed by atoms with van der Waals surface area (Å²) < 4.78 is 30.1. The molecule has 4 aromatic rings. The van der Waals surface area contributed by atoms with Gasteiger partial charge < -0.3 is 9.88 Å². The third-order valence-corrected chi connectivity index (χ3v) is 7.82. The first-order chi connectivity index (χ1) is 16.8. The number of carbonyl (C=O) groups is 1. The molecular weight excluding hydrogens is 484 g/mol. The normalized spacial score (nSPS) is 11.3. The van der Waals surface area contributed by atoms with Crippen LogP contribution in [0.5, 0.6) is 0 Å². The highest BCUT2D eigenvalue weighted by atomic mass is 35.5. The van der Waals surface area contributed by atoms with Crippen LogP contribution in [0.4, 0.5) is 5.69 Å². The van der Waals surface area contributed by atoms with Crippen molar-refractivity contribution < 1.29 is 13.2 Å². The van der Waals surface area contributed by atoms with Gasteiger partial charge in [-0.1, -0.05) is 47.5 Å². The maximum absolute atomic E-state index is 13.6. The largest absolute Gasteiger partial charge is 0.350 e. The molecule has 0 radical (unpaired) electrons. The van der Waals surface area contributed by atoms with Crippen LogP contribution in [-0.2, 0) is 21.4 Å². The van der Waals surface area contributed by atoms with Crippen molar-refractivity contribution in [1.82, 2.24) is 14.9 Å². The van der Waals surface area contributed by atoms with E-state index in [1.54, 1.807) is 49.8 Å². The van der Waals surface area contributed by atoms with Gasteiger partial charge in [0.05, 0.1) is 16.9 Å². The molecule has 35 heavy (non-hydrogen) atoms. The molecule has 0 aliphatic carbocycles. The SMILES string of the molecule is Cc1ccc(S(=O)(=O)N(CC(=O)NCc2ccc(-n3ccnc3)cc2)c2cccc(Cl)c2C)cc1. The van der Waals surface area contributed by atoms with Crippen molar-refractivity contribution in [2.45, 2.75) is 25.3 Å². The highest BCUT2D eigenvalue weighted by Crippen LogP contribution is 2.30. The Hall–Kier alpha value is -3.62. The summed E-state index contributed by atoms with van der Waals surface area (Å²) in [5, 5.41) is 3.24. The predicted octanol–water partition coefficient (Wildman–Crippen LogP) is 4.65. The number of nitrogens with one attached hydrogen (secondary N) is 1. The quantitative estimate of drug-likeness (QED) is 0.375. The van der Waals surface area contributed by atoms with Crippen LogP contribution in [0.15, 0.2) is 90.3 Å². The summed E-state index contributed by atoms with van der Waals surface area (Å²) in [6, 6.07) is 19.2. The minimum absolute atomic E-state index is 0.102. The smallest absolute Gasteiger partial charge is 0.264 e. The Morgan fingerprint density at radius 1 is 1.03 bits per heavy atom. The first kappa shape index (κ1) is 24.5. The Morgan fingerprint density at radius 2 is 1.74 bits per heavy atom. The van der Waals surface area contributed by atoms with Crippen LogP contribution < -0.4 is 9.62 Å². The number of carbonyl (C=O) groups excluding carboxylic acids is 1. The first-order valence-electron chi connectivity index (χ1n) is 10.9. The van der Waals surface area contributed by atoms with Crippen molar-refractivity contribution >= 4 is 33.2 Å². The minimum Gasteiger partial charge on any atom is -0.350 e. The number of hydrogen-bond acceptors (Lipinski definition) is 4. The van der Waals surface area contributed by atoms with Crippen LogP contribution in [0.3, 0.4) is 0 Å². The molecule has 0 bridgehead atoms. The van der Waals surface area contributed by atoms with E-state index in [1.807, 2.05) is 42.0 Å². The molecule has 180 valence electrons. The molecular formula is C26H25ClN4O3S. The summed E-state index contributed by atoms with van der Waals surface area (Å²) in [4.78, 5) is 17.1. The third-order valence-electron chi connectivity index (χ3n) is 5.63. The number of benzene rings is 3. The second-order valence-corrected chi connectivity index (χ2v) is 10.4. The molecule has 0 spiro atoms. The summed E-state index contributed by atoms with van der Waals surface area (Å²) in [5.41, 5.74) is 3.70. The van der Waals surface area contributed by atoms with E-state index < -0.39 is 15.9 Å². The van der Waals surface area contributed by atoms with Gasteiger partial charge in [0.15, 0.2) is 0 Å². The molecule has 4 rings (SSSR count). The van der Waals surface area contributed by atoms with Gasteiger partial charge in [-0.15, -0.1) is 0 Å². The molecule has 0 aliphatic rings. The molecule has 0 aliphatic heterocycles. The Morgan fingerprint density at radius 3 is 2.40 bits per heavy atom. The van der Waals surface area contributed by atoms with Crippen LogP contribution in [0, 0.1) is 13.8 Å². The number of hydrogen-bond donors (Lipinski definition) is 1.